The predicted molar refractivity (Wildman–Crippen MR) is 115 cm³/mol. The van der Waals surface area contributed by atoms with E-state index in [0.717, 1.165) is 33.9 Å². The van der Waals surface area contributed by atoms with E-state index < -0.39 is 0 Å². The van der Waals surface area contributed by atoms with E-state index in [1.165, 1.54) is 5.56 Å². The van der Waals surface area contributed by atoms with Crippen molar-refractivity contribution in [2.24, 2.45) is 7.05 Å². The molecule has 0 saturated carbocycles. The molecule has 0 amide bonds. The standard InChI is InChI=1S/C24H26N2O3/c1-16-7-6-8-23(17(16)2)29-15-20-13-19(10-12-24(20)28-5)9-11-22(27)21-14-26(4)25-18(21)3/h6-14H,15H2,1-5H3/b11-9+. The maximum absolute atomic E-state index is 12.5. The summed E-state index contributed by atoms with van der Waals surface area (Å²) in [7, 11) is 3.44. The van der Waals surface area contributed by atoms with Gasteiger partial charge >= 0.3 is 0 Å². The van der Waals surface area contributed by atoms with Gasteiger partial charge in [0, 0.05) is 18.8 Å². The molecule has 29 heavy (non-hydrogen) atoms. The van der Waals surface area contributed by atoms with Crippen molar-refractivity contribution in [3.63, 3.8) is 0 Å². The molecule has 5 nitrogen and oxygen atoms in total. The Balaban J connectivity index is 1.78. The largest absolute Gasteiger partial charge is 0.496 e. The molecule has 0 N–H and O–H groups in total. The number of benzene rings is 2. The number of aromatic nitrogens is 2. The smallest absolute Gasteiger partial charge is 0.189 e. The van der Waals surface area contributed by atoms with Crippen molar-refractivity contribution in [2.45, 2.75) is 27.4 Å². The molecule has 0 fully saturated rings. The molecule has 5 heteroatoms. The van der Waals surface area contributed by atoms with E-state index in [9.17, 15) is 4.79 Å². The molecule has 0 atom stereocenters. The van der Waals surface area contributed by atoms with Crippen molar-refractivity contribution in [3.05, 3.63) is 82.2 Å². The van der Waals surface area contributed by atoms with Gasteiger partial charge in [0.2, 0.25) is 0 Å². The van der Waals surface area contributed by atoms with Crippen LogP contribution in [0.1, 0.15) is 38.3 Å². The summed E-state index contributed by atoms with van der Waals surface area (Å²) in [5.74, 6) is 1.54. The predicted octanol–water partition coefficient (Wildman–Crippen LogP) is 4.83. The third-order valence-corrected chi connectivity index (χ3v) is 4.95. The van der Waals surface area contributed by atoms with Gasteiger partial charge in [-0.1, -0.05) is 24.3 Å². The fraction of sp³-hybridized carbons (Fsp3) is 0.250. The van der Waals surface area contributed by atoms with E-state index >= 15 is 0 Å². The van der Waals surface area contributed by atoms with E-state index in [4.69, 9.17) is 9.47 Å². The molecule has 0 aliphatic rings. The number of nitrogens with zero attached hydrogens (tertiary/aromatic N) is 2. The number of methoxy groups -OCH3 is 1. The van der Waals surface area contributed by atoms with Gasteiger partial charge in [0.15, 0.2) is 5.78 Å². The zero-order chi connectivity index (χ0) is 21.0. The average molecular weight is 390 g/mol. The van der Waals surface area contributed by atoms with Crippen LogP contribution in [-0.4, -0.2) is 22.7 Å². The Morgan fingerprint density at radius 1 is 1.14 bits per heavy atom. The second kappa shape index (κ2) is 8.78. The lowest BCUT2D eigenvalue weighted by atomic mass is 10.1. The van der Waals surface area contributed by atoms with Gasteiger partial charge in [-0.15, -0.1) is 0 Å². The van der Waals surface area contributed by atoms with E-state index in [1.54, 1.807) is 37.2 Å². The van der Waals surface area contributed by atoms with Crippen LogP contribution < -0.4 is 9.47 Å². The highest BCUT2D eigenvalue weighted by Crippen LogP contribution is 2.25. The fourth-order valence-electron chi connectivity index (χ4n) is 3.15. The van der Waals surface area contributed by atoms with Crippen LogP contribution in [0.15, 0.2) is 48.7 Å². The Kier molecular flexibility index (Phi) is 6.17. The molecular weight excluding hydrogens is 364 g/mol. The van der Waals surface area contributed by atoms with Crippen LogP contribution in [0.5, 0.6) is 11.5 Å². The monoisotopic (exact) mass is 390 g/mol. The number of hydrogen-bond acceptors (Lipinski definition) is 4. The van der Waals surface area contributed by atoms with Crippen molar-refractivity contribution in [3.8, 4) is 11.5 Å². The highest BCUT2D eigenvalue weighted by Gasteiger charge is 2.10. The Bertz CT molecular complexity index is 1060. The summed E-state index contributed by atoms with van der Waals surface area (Å²) in [6.07, 6.45) is 5.11. The Hall–Kier alpha value is -3.34. The minimum absolute atomic E-state index is 0.0698. The molecule has 0 aliphatic heterocycles. The van der Waals surface area contributed by atoms with Gasteiger partial charge in [0.1, 0.15) is 18.1 Å². The summed E-state index contributed by atoms with van der Waals surface area (Å²) >= 11 is 0. The highest BCUT2D eigenvalue weighted by molar-refractivity contribution is 6.07. The molecule has 0 spiro atoms. The normalized spacial score (nSPS) is 11.1. The number of rotatable bonds is 7. The lowest BCUT2D eigenvalue weighted by molar-refractivity contribution is 0.104. The number of allylic oxidation sites excluding steroid dienone is 1. The van der Waals surface area contributed by atoms with Crippen LogP contribution in [0, 0.1) is 20.8 Å². The third kappa shape index (κ3) is 4.74. The Morgan fingerprint density at radius 2 is 1.93 bits per heavy atom. The summed E-state index contributed by atoms with van der Waals surface area (Å²) in [6, 6.07) is 11.8. The number of carbonyl (C=O) groups excluding carboxylic acids is 1. The number of carbonyl (C=O) groups is 1. The maximum Gasteiger partial charge on any atom is 0.189 e. The lowest BCUT2D eigenvalue weighted by Gasteiger charge is -2.13. The molecule has 3 rings (SSSR count). The van der Waals surface area contributed by atoms with Crippen LogP contribution in [-0.2, 0) is 13.7 Å². The first-order valence-corrected chi connectivity index (χ1v) is 9.47. The molecule has 0 bridgehead atoms. The van der Waals surface area contributed by atoms with Gasteiger partial charge in [0.25, 0.3) is 0 Å². The minimum Gasteiger partial charge on any atom is -0.496 e. The quantitative estimate of drug-likeness (QED) is 0.428. The Morgan fingerprint density at radius 3 is 2.62 bits per heavy atom. The van der Waals surface area contributed by atoms with Crippen molar-refractivity contribution in [1.82, 2.24) is 9.78 Å². The van der Waals surface area contributed by atoms with Crippen molar-refractivity contribution in [2.75, 3.05) is 7.11 Å². The van der Waals surface area contributed by atoms with E-state index in [2.05, 4.69) is 18.1 Å². The van der Waals surface area contributed by atoms with Gasteiger partial charge < -0.3 is 9.47 Å². The zero-order valence-corrected chi connectivity index (χ0v) is 17.5. The van der Waals surface area contributed by atoms with Gasteiger partial charge in [-0.2, -0.15) is 5.10 Å². The molecule has 0 radical (unpaired) electrons. The van der Waals surface area contributed by atoms with Gasteiger partial charge in [-0.25, -0.2) is 0 Å². The van der Waals surface area contributed by atoms with E-state index in [-0.39, 0.29) is 5.78 Å². The number of ether oxygens (including phenoxy) is 2. The molecule has 1 heterocycles. The average Bonchev–Trinajstić information content (AvgIpc) is 3.05. The Labute approximate surface area is 171 Å². The van der Waals surface area contributed by atoms with Crippen LogP contribution >= 0.6 is 0 Å². The maximum atomic E-state index is 12.5. The topological polar surface area (TPSA) is 53.4 Å². The van der Waals surface area contributed by atoms with Crippen molar-refractivity contribution in [1.29, 1.82) is 0 Å². The molecule has 2 aromatic carbocycles. The summed E-state index contributed by atoms with van der Waals surface area (Å²) in [6.45, 7) is 6.32. The summed E-state index contributed by atoms with van der Waals surface area (Å²) in [5, 5.41) is 4.22. The van der Waals surface area contributed by atoms with Crippen LogP contribution in [0.3, 0.4) is 0 Å². The first-order chi connectivity index (χ1) is 13.9. The molecule has 150 valence electrons. The molecule has 1 aromatic heterocycles. The fourth-order valence-corrected chi connectivity index (χ4v) is 3.15. The third-order valence-electron chi connectivity index (χ3n) is 4.95. The van der Waals surface area contributed by atoms with Gasteiger partial charge in [-0.3, -0.25) is 9.48 Å². The second-order valence-corrected chi connectivity index (χ2v) is 7.06. The van der Waals surface area contributed by atoms with E-state index in [0.29, 0.717) is 12.2 Å². The van der Waals surface area contributed by atoms with Crippen molar-refractivity contribution >= 4 is 11.9 Å². The number of aryl methyl sites for hydroxylation is 3. The zero-order valence-electron chi connectivity index (χ0n) is 17.5. The lowest BCUT2D eigenvalue weighted by Crippen LogP contribution is -2.01. The van der Waals surface area contributed by atoms with E-state index in [1.807, 2.05) is 44.2 Å². The number of hydrogen-bond donors (Lipinski definition) is 0. The van der Waals surface area contributed by atoms with Crippen LogP contribution in [0.25, 0.3) is 6.08 Å². The van der Waals surface area contributed by atoms with Crippen LogP contribution in [0.2, 0.25) is 0 Å². The summed E-state index contributed by atoms with van der Waals surface area (Å²) in [5.41, 5.74) is 5.46. The summed E-state index contributed by atoms with van der Waals surface area (Å²) < 4.78 is 13.2. The molecule has 3 aromatic rings. The summed E-state index contributed by atoms with van der Waals surface area (Å²) in [4.78, 5) is 12.5. The first kappa shape index (κ1) is 20.4. The minimum atomic E-state index is -0.0698. The molecule has 0 saturated heterocycles. The van der Waals surface area contributed by atoms with Crippen LogP contribution in [0.4, 0.5) is 0 Å². The van der Waals surface area contributed by atoms with Crippen molar-refractivity contribution < 1.29 is 14.3 Å². The molecule has 0 unspecified atom stereocenters. The first-order valence-electron chi connectivity index (χ1n) is 9.47. The SMILES string of the molecule is COc1ccc(/C=C/C(=O)c2cn(C)nc2C)cc1COc1cccc(C)c1C. The van der Waals surface area contributed by atoms with Gasteiger partial charge in [-0.05, 0) is 61.7 Å². The number of ketones is 1. The van der Waals surface area contributed by atoms with Gasteiger partial charge in [0.05, 0.1) is 18.4 Å². The molecular formula is C24H26N2O3. The highest BCUT2D eigenvalue weighted by atomic mass is 16.5. The molecule has 0 aliphatic carbocycles. The second-order valence-electron chi connectivity index (χ2n) is 7.06.